The first kappa shape index (κ1) is 17.7. The molecule has 2 aliphatic rings. The van der Waals surface area contributed by atoms with E-state index in [9.17, 15) is 14.7 Å². The number of phenols is 1. The summed E-state index contributed by atoms with van der Waals surface area (Å²) in [6, 6.07) is 10.6. The molecule has 146 valence electrons. The molecule has 1 N–H and O–H groups in total. The van der Waals surface area contributed by atoms with Crippen LogP contribution >= 0.6 is 0 Å². The van der Waals surface area contributed by atoms with Crippen molar-refractivity contribution in [1.29, 1.82) is 0 Å². The molecule has 5 rings (SSSR count). The highest BCUT2D eigenvalue weighted by atomic mass is 16.5. The van der Waals surface area contributed by atoms with Crippen LogP contribution in [-0.4, -0.2) is 11.1 Å². The molecular formula is C24H20O5. The summed E-state index contributed by atoms with van der Waals surface area (Å²) < 4.78 is 11.4. The molecule has 2 heterocycles. The van der Waals surface area contributed by atoms with E-state index in [1.54, 1.807) is 0 Å². The fourth-order valence-corrected chi connectivity index (χ4v) is 4.57. The Kier molecular flexibility index (Phi) is 4.23. The van der Waals surface area contributed by atoms with Crippen molar-refractivity contribution in [3.05, 3.63) is 70.6 Å². The van der Waals surface area contributed by atoms with E-state index in [-0.39, 0.29) is 40.8 Å². The highest BCUT2D eigenvalue weighted by Crippen LogP contribution is 2.48. The molecule has 0 bridgehead atoms. The molecule has 1 aliphatic carbocycles. The van der Waals surface area contributed by atoms with Gasteiger partial charge in [0.25, 0.3) is 0 Å². The Morgan fingerprint density at radius 2 is 1.90 bits per heavy atom. The van der Waals surface area contributed by atoms with E-state index >= 15 is 0 Å². The van der Waals surface area contributed by atoms with E-state index in [4.69, 9.17) is 9.15 Å². The molecule has 0 unspecified atom stereocenters. The quantitative estimate of drug-likeness (QED) is 0.383. The minimum atomic E-state index is -0.320. The van der Waals surface area contributed by atoms with Crippen molar-refractivity contribution < 1.29 is 19.1 Å². The first-order valence-corrected chi connectivity index (χ1v) is 9.86. The standard InChI is InChI=1S/C24H20O5/c25-18-12-19-21(16(11-20(26)29-19)14-7-3-1-4-8-14)24-22(18)23(27)17(13-28-24)15-9-5-2-6-10-15/h1-3,5-6,9-10,12-14,16,25H,4,7-8,11H2/t14-,16-/m0/s1. The second-order valence-corrected chi connectivity index (χ2v) is 7.69. The Morgan fingerprint density at radius 3 is 2.66 bits per heavy atom. The van der Waals surface area contributed by atoms with Crippen LogP contribution in [0.4, 0.5) is 0 Å². The summed E-state index contributed by atoms with van der Waals surface area (Å²) in [6.45, 7) is 0. The molecular weight excluding hydrogens is 368 g/mol. The van der Waals surface area contributed by atoms with Gasteiger partial charge >= 0.3 is 5.97 Å². The van der Waals surface area contributed by atoms with Crippen LogP contribution in [0.3, 0.4) is 0 Å². The second kappa shape index (κ2) is 6.92. The average Bonchev–Trinajstić information content (AvgIpc) is 2.74. The zero-order valence-corrected chi connectivity index (χ0v) is 15.8. The molecule has 0 saturated heterocycles. The summed E-state index contributed by atoms with van der Waals surface area (Å²) in [5.41, 5.74) is 1.85. The van der Waals surface area contributed by atoms with E-state index in [1.165, 1.54) is 12.3 Å². The van der Waals surface area contributed by atoms with Crippen LogP contribution in [0, 0.1) is 5.92 Å². The maximum Gasteiger partial charge on any atom is 0.311 e. The molecule has 2 atom stereocenters. The maximum absolute atomic E-state index is 13.2. The van der Waals surface area contributed by atoms with Gasteiger partial charge in [-0.2, -0.15) is 0 Å². The van der Waals surface area contributed by atoms with Gasteiger partial charge in [0.2, 0.25) is 5.43 Å². The van der Waals surface area contributed by atoms with Crippen LogP contribution in [0.5, 0.6) is 11.5 Å². The van der Waals surface area contributed by atoms with Crippen molar-refractivity contribution >= 4 is 16.9 Å². The molecule has 0 amide bonds. The minimum Gasteiger partial charge on any atom is -0.507 e. The van der Waals surface area contributed by atoms with Gasteiger partial charge in [-0.25, -0.2) is 0 Å². The predicted molar refractivity (Wildman–Crippen MR) is 109 cm³/mol. The Hall–Kier alpha value is -3.34. The molecule has 0 fully saturated rings. The zero-order chi connectivity index (χ0) is 20.0. The van der Waals surface area contributed by atoms with Crippen LogP contribution in [0.1, 0.15) is 37.2 Å². The number of phenolic OH excluding ortho intramolecular Hbond substituents is 1. The summed E-state index contributed by atoms with van der Waals surface area (Å²) in [5.74, 6) is -0.105. The molecule has 3 aromatic rings. The van der Waals surface area contributed by atoms with Gasteiger partial charge in [-0.05, 0) is 30.7 Å². The molecule has 2 aromatic carbocycles. The average molecular weight is 388 g/mol. The normalized spacial score (nSPS) is 21.0. The van der Waals surface area contributed by atoms with Crippen molar-refractivity contribution in [1.82, 2.24) is 0 Å². The third-order valence-electron chi connectivity index (χ3n) is 5.97. The molecule has 5 nitrogen and oxygen atoms in total. The van der Waals surface area contributed by atoms with Crippen LogP contribution < -0.4 is 10.2 Å². The highest BCUT2D eigenvalue weighted by Gasteiger charge is 2.36. The lowest BCUT2D eigenvalue weighted by atomic mass is 9.75. The summed E-state index contributed by atoms with van der Waals surface area (Å²) in [6.07, 6.45) is 8.77. The first-order chi connectivity index (χ1) is 14.1. The smallest absolute Gasteiger partial charge is 0.311 e. The molecule has 1 aromatic heterocycles. The summed E-state index contributed by atoms with van der Waals surface area (Å²) in [5, 5.41) is 10.7. The number of ether oxygens (including phenoxy) is 1. The maximum atomic E-state index is 13.2. The molecule has 29 heavy (non-hydrogen) atoms. The van der Waals surface area contributed by atoms with Gasteiger partial charge in [0.15, 0.2) is 0 Å². The first-order valence-electron chi connectivity index (χ1n) is 9.86. The largest absolute Gasteiger partial charge is 0.507 e. The number of carbonyl (C=O) groups excluding carboxylic acids is 1. The molecule has 1 aliphatic heterocycles. The topological polar surface area (TPSA) is 76.7 Å². The second-order valence-electron chi connectivity index (χ2n) is 7.69. The van der Waals surface area contributed by atoms with Crippen molar-refractivity contribution in [2.75, 3.05) is 0 Å². The Morgan fingerprint density at radius 1 is 1.07 bits per heavy atom. The number of benzene rings is 2. The Balaban J connectivity index is 1.75. The van der Waals surface area contributed by atoms with Crippen molar-refractivity contribution in [2.45, 2.75) is 31.6 Å². The van der Waals surface area contributed by atoms with Gasteiger partial charge in [0.1, 0.15) is 28.7 Å². The summed E-state index contributed by atoms with van der Waals surface area (Å²) >= 11 is 0. The lowest BCUT2D eigenvalue weighted by Gasteiger charge is -2.32. The van der Waals surface area contributed by atoms with E-state index in [2.05, 4.69) is 12.2 Å². The number of aromatic hydroxyl groups is 1. The molecule has 0 radical (unpaired) electrons. The zero-order valence-electron chi connectivity index (χ0n) is 15.8. The number of fused-ring (bicyclic) bond motifs is 3. The molecule has 0 saturated carbocycles. The number of hydrogen-bond acceptors (Lipinski definition) is 5. The van der Waals surface area contributed by atoms with Gasteiger partial charge in [-0.1, -0.05) is 42.5 Å². The van der Waals surface area contributed by atoms with E-state index in [1.807, 2.05) is 30.3 Å². The lowest BCUT2D eigenvalue weighted by Crippen LogP contribution is -2.26. The van der Waals surface area contributed by atoms with Gasteiger partial charge in [-0.3, -0.25) is 9.59 Å². The third kappa shape index (κ3) is 2.94. The monoisotopic (exact) mass is 388 g/mol. The van der Waals surface area contributed by atoms with Gasteiger partial charge in [0.05, 0.1) is 12.0 Å². The summed E-state index contributed by atoms with van der Waals surface area (Å²) in [7, 11) is 0. The fraction of sp³-hybridized carbons (Fsp3) is 0.250. The van der Waals surface area contributed by atoms with Gasteiger partial charge in [0, 0.05) is 17.5 Å². The minimum absolute atomic E-state index is 0.106. The fourth-order valence-electron chi connectivity index (χ4n) is 4.57. The SMILES string of the molecule is O=C1C[C@@H]([C@H]2CC=CCC2)c2c(cc(O)c3c(=O)c(-c4ccccc4)coc23)O1. The van der Waals surface area contributed by atoms with Crippen LogP contribution in [-0.2, 0) is 4.79 Å². The van der Waals surface area contributed by atoms with Crippen molar-refractivity contribution in [3.63, 3.8) is 0 Å². The van der Waals surface area contributed by atoms with Gasteiger partial charge < -0.3 is 14.3 Å². The predicted octanol–water partition coefficient (Wildman–Crippen LogP) is 4.91. The number of hydrogen-bond donors (Lipinski definition) is 1. The Labute approximate surface area is 167 Å². The van der Waals surface area contributed by atoms with Crippen LogP contribution in [0.15, 0.2) is 64.0 Å². The molecule has 5 heteroatoms. The number of esters is 1. The van der Waals surface area contributed by atoms with Gasteiger partial charge in [-0.15, -0.1) is 0 Å². The number of rotatable bonds is 2. The van der Waals surface area contributed by atoms with E-state index in [0.717, 1.165) is 30.4 Å². The third-order valence-corrected chi connectivity index (χ3v) is 5.97. The highest BCUT2D eigenvalue weighted by molar-refractivity contribution is 5.93. The molecule has 0 spiro atoms. The number of carbonyl (C=O) groups is 1. The number of allylic oxidation sites excluding steroid dienone is 2. The van der Waals surface area contributed by atoms with Crippen molar-refractivity contribution in [3.8, 4) is 22.6 Å². The van der Waals surface area contributed by atoms with Crippen LogP contribution in [0.2, 0.25) is 0 Å². The van der Waals surface area contributed by atoms with Crippen LogP contribution in [0.25, 0.3) is 22.1 Å². The van der Waals surface area contributed by atoms with Crippen molar-refractivity contribution in [2.24, 2.45) is 5.92 Å². The lowest BCUT2D eigenvalue weighted by molar-refractivity contribution is -0.136. The summed E-state index contributed by atoms with van der Waals surface area (Å²) in [4.78, 5) is 25.5. The van der Waals surface area contributed by atoms with E-state index in [0.29, 0.717) is 16.9 Å². The van der Waals surface area contributed by atoms with E-state index < -0.39 is 0 Å². The Bertz CT molecular complexity index is 1190.